The zero-order valence-corrected chi connectivity index (χ0v) is 22.6. The van der Waals surface area contributed by atoms with Gasteiger partial charge in [-0.3, -0.25) is 4.79 Å². The highest BCUT2D eigenvalue weighted by Crippen LogP contribution is 2.53. The van der Waals surface area contributed by atoms with Gasteiger partial charge in [0.15, 0.2) is 27.3 Å². The summed E-state index contributed by atoms with van der Waals surface area (Å²) in [6.07, 6.45) is 2.73. The first-order valence-electron chi connectivity index (χ1n) is 12.3. The number of fused-ring (bicyclic) bond motifs is 2. The van der Waals surface area contributed by atoms with Crippen molar-refractivity contribution in [2.24, 2.45) is 21.8 Å². The second-order valence-corrected chi connectivity index (χ2v) is 12.4. The molecule has 2 saturated carbocycles. The lowest BCUT2D eigenvalue weighted by Gasteiger charge is -2.44. The fourth-order valence-electron chi connectivity index (χ4n) is 5.62. The van der Waals surface area contributed by atoms with Gasteiger partial charge in [-0.15, -0.1) is 0 Å². The highest BCUT2D eigenvalue weighted by molar-refractivity contribution is 7.92. The maximum absolute atomic E-state index is 13.7. The Labute approximate surface area is 230 Å². The minimum atomic E-state index is -4.07. The first kappa shape index (κ1) is 29.0. The normalized spacial score (nSPS) is 26.0. The van der Waals surface area contributed by atoms with Gasteiger partial charge >= 0.3 is 0 Å². The average molecular weight is 580 g/mol. The van der Waals surface area contributed by atoms with E-state index in [1.54, 1.807) is 13.0 Å². The molecule has 3 N–H and O–H groups in total. The van der Waals surface area contributed by atoms with Gasteiger partial charge in [-0.2, -0.15) is 0 Å². The Morgan fingerprint density at radius 1 is 1.18 bits per heavy atom. The predicted molar refractivity (Wildman–Crippen MR) is 145 cm³/mol. The Hall–Kier alpha value is -2.99. The lowest BCUT2D eigenvalue weighted by molar-refractivity contribution is -0.117. The Morgan fingerprint density at radius 2 is 1.85 bits per heavy atom. The van der Waals surface area contributed by atoms with Crippen LogP contribution < -0.4 is 5.32 Å². The summed E-state index contributed by atoms with van der Waals surface area (Å²) in [5.74, 6) is -4.11. The van der Waals surface area contributed by atoms with Crippen LogP contribution in [0.5, 0.6) is 0 Å². The molecule has 2 fully saturated rings. The standard InChI is InChI=1S/C27H28ClF2N3O5S/c1-3-10-32-25(31-2)24(34)27(36)16-5-6-17(27)13-19(12-16)39(37,38)23-11-15(4-8-20(23)28)26(35)33-18-7-9-21(29)22(30)14-18/h3-4,7-11,14,16-17,19,24,34,36H,2,5-6,12-13H2,1H3,(H,33,35)/b10-3-,32-25-/t16?,17?,19-,24?,27-. The number of carbonyl (C=O) groups is 1. The highest BCUT2D eigenvalue weighted by Gasteiger charge is 2.60. The van der Waals surface area contributed by atoms with Gasteiger partial charge in [0.25, 0.3) is 5.91 Å². The molecule has 8 nitrogen and oxygen atoms in total. The van der Waals surface area contributed by atoms with Gasteiger partial charge in [-0.25, -0.2) is 27.2 Å². The van der Waals surface area contributed by atoms with Gasteiger partial charge in [-0.1, -0.05) is 17.7 Å². The SMILES string of the molecule is C=N/C(=N\C=C/C)C(O)[C@]1(O)C2CCC1C[C@@H](S(=O)(=O)c1cc(C(=O)Nc3ccc(F)c(F)c3)ccc1Cl)C2. The number of sulfone groups is 1. The lowest BCUT2D eigenvalue weighted by atomic mass is 9.70. The number of carbonyl (C=O) groups excluding carboxylic acids is 1. The van der Waals surface area contributed by atoms with E-state index in [0.717, 1.165) is 18.2 Å². The number of aliphatic imine (C=N–C) groups is 2. The summed E-state index contributed by atoms with van der Waals surface area (Å²) in [4.78, 5) is 20.3. The summed E-state index contributed by atoms with van der Waals surface area (Å²) in [5.41, 5.74) is -1.68. The average Bonchev–Trinajstić information content (AvgIpc) is 3.06. The number of amides is 1. The van der Waals surface area contributed by atoms with Crippen LogP contribution in [0.2, 0.25) is 5.02 Å². The molecule has 4 rings (SSSR count). The third-order valence-electron chi connectivity index (χ3n) is 7.58. The molecule has 0 saturated heterocycles. The number of hydrogen-bond acceptors (Lipinski definition) is 6. The molecule has 1 amide bonds. The number of amidine groups is 1. The number of nitrogens with zero attached hydrogens (tertiary/aromatic N) is 2. The van der Waals surface area contributed by atoms with E-state index in [9.17, 15) is 32.2 Å². The number of benzene rings is 2. The summed E-state index contributed by atoms with van der Waals surface area (Å²) < 4.78 is 54.2. The van der Waals surface area contributed by atoms with Crippen molar-refractivity contribution < 1.29 is 32.2 Å². The molecule has 208 valence electrons. The molecule has 3 atom stereocenters. The van der Waals surface area contributed by atoms with Crippen LogP contribution in [0, 0.1) is 23.5 Å². The monoisotopic (exact) mass is 579 g/mol. The van der Waals surface area contributed by atoms with Gasteiger partial charge < -0.3 is 15.5 Å². The molecule has 0 spiro atoms. The molecular weight excluding hydrogens is 552 g/mol. The quantitative estimate of drug-likeness (QED) is 0.327. The smallest absolute Gasteiger partial charge is 0.255 e. The molecule has 0 aliphatic heterocycles. The van der Waals surface area contributed by atoms with Crippen LogP contribution in [0.4, 0.5) is 14.5 Å². The first-order chi connectivity index (χ1) is 18.4. The molecule has 2 aromatic rings. The summed E-state index contributed by atoms with van der Waals surface area (Å²) in [7, 11) is -4.07. The zero-order valence-electron chi connectivity index (χ0n) is 21.0. The maximum Gasteiger partial charge on any atom is 0.255 e. The van der Waals surface area contributed by atoms with E-state index in [2.05, 4.69) is 22.0 Å². The number of anilines is 1. The van der Waals surface area contributed by atoms with Gasteiger partial charge in [0.2, 0.25) is 0 Å². The van der Waals surface area contributed by atoms with E-state index in [0.29, 0.717) is 12.8 Å². The molecule has 2 bridgehead atoms. The van der Waals surface area contributed by atoms with Gasteiger partial charge in [0, 0.05) is 23.5 Å². The highest BCUT2D eigenvalue weighted by atomic mass is 35.5. The molecular formula is C27H28ClF2N3O5S. The van der Waals surface area contributed by atoms with Crippen molar-refractivity contribution in [1.29, 1.82) is 0 Å². The molecule has 0 radical (unpaired) electrons. The van der Waals surface area contributed by atoms with Crippen LogP contribution in [0.25, 0.3) is 0 Å². The van der Waals surface area contributed by atoms with Crippen molar-refractivity contribution >= 4 is 45.6 Å². The van der Waals surface area contributed by atoms with E-state index in [4.69, 9.17) is 11.6 Å². The van der Waals surface area contributed by atoms with E-state index < -0.39 is 56.2 Å². The number of allylic oxidation sites excluding steroid dienone is 1. The van der Waals surface area contributed by atoms with Crippen molar-refractivity contribution in [2.75, 3.05) is 5.32 Å². The van der Waals surface area contributed by atoms with Gasteiger partial charge in [0.1, 0.15) is 11.7 Å². The summed E-state index contributed by atoms with van der Waals surface area (Å²) in [6.45, 7) is 5.16. The molecule has 0 aromatic heterocycles. The fourth-order valence-corrected chi connectivity index (χ4v) is 8.02. The minimum absolute atomic E-state index is 0.00805. The molecule has 39 heavy (non-hydrogen) atoms. The number of aliphatic hydroxyl groups is 2. The zero-order chi connectivity index (χ0) is 28.5. The molecule has 2 aliphatic rings. The van der Waals surface area contributed by atoms with Crippen molar-refractivity contribution in [3.05, 3.63) is 70.9 Å². The Balaban J connectivity index is 1.59. The van der Waals surface area contributed by atoms with Crippen LogP contribution in [0.1, 0.15) is 43.0 Å². The summed E-state index contributed by atoms with van der Waals surface area (Å²) in [5, 5.41) is 24.0. The third kappa shape index (κ3) is 5.41. The second kappa shape index (κ2) is 11.2. The number of rotatable bonds is 7. The molecule has 12 heteroatoms. The first-order valence-corrected chi connectivity index (χ1v) is 14.2. The Kier molecular flexibility index (Phi) is 8.36. The van der Waals surface area contributed by atoms with Crippen LogP contribution in [0.3, 0.4) is 0 Å². The number of hydrogen-bond donors (Lipinski definition) is 3. The van der Waals surface area contributed by atoms with Crippen molar-refractivity contribution in [1.82, 2.24) is 0 Å². The Morgan fingerprint density at radius 3 is 2.44 bits per heavy atom. The second-order valence-electron chi connectivity index (χ2n) is 9.76. The van der Waals surface area contributed by atoms with Gasteiger partial charge in [0.05, 0.1) is 15.2 Å². The summed E-state index contributed by atoms with van der Waals surface area (Å²) in [6, 6.07) is 6.60. The van der Waals surface area contributed by atoms with E-state index in [-0.39, 0.29) is 39.8 Å². The molecule has 3 unspecified atom stereocenters. The van der Waals surface area contributed by atoms with E-state index in [1.807, 2.05) is 0 Å². The maximum atomic E-state index is 13.7. The minimum Gasteiger partial charge on any atom is -0.386 e. The van der Waals surface area contributed by atoms with Crippen molar-refractivity contribution in [2.45, 2.75) is 54.5 Å². The summed E-state index contributed by atoms with van der Waals surface area (Å²) >= 11 is 6.27. The van der Waals surface area contributed by atoms with Crippen molar-refractivity contribution in [3.8, 4) is 0 Å². The van der Waals surface area contributed by atoms with Crippen LogP contribution in [-0.4, -0.2) is 54.0 Å². The lowest BCUT2D eigenvalue weighted by Crippen LogP contribution is -2.58. The van der Waals surface area contributed by atoms with E-state index in [1.165, 1.54) is 24.4 Å². The largest absolute Gasteiger partial charge is 0.386 e. The molecule has 2 aromatic carbocycles. The molecule has 2 aliphatic carbocycles. The van der Waals surface area contributed by atoms with Crippen LogP contribution in [0.15, 0.2) is 63.6 Å². The van der Waals surface area contributed by atoms with Crippen molar-refractivity contribution in [3.63, 3.8) is 0 Å². The van der Waals surface area contributed by atoms with Crippen LogP contribution in [-0.2, 0) is 9.84 Å². The molecule has 0 heterocycles. The predicted octanol–water partition coefficient (Wildman–Crippen LogP) is 4.56. The number of aliphatic hydroxyl groups excluding tert-OH is 1. The Bertz CT molecular complexity index is 1450. The third-order valence-corrected chi connectivity index (χ3v) is 10.2. The number of nitrogens with one attached hydrogen (secondary N) is 1. The van der Waals surface area contributed by atoms with Crippen LogP contribution >= 0.6 is 11.6 Å². The van der Waals surface area contributed by atoms with E-state index >= 15 is 0 Å². The van der Waals surface area contributed by atoms with Gasteiger partial charge in [-0.05, 0) is 81.5 Å². The topological polar surface area (TPSA) is 128 Å². The fraction of sp³-hybridized carbons (Fsp3) is 0.370. The number of halogens is 3.